The van der Waals surface area contributed by atoms with Crippen molar-refractivity contribution in [1.29, 1.82) is 0 Å². The van der Waals surface area contributed by atoms with E-state index in [-0.39, 0.29) is 5.91 Å². The lowest BCUT2D eigenvalue weighted by atomic mass is 9.71. The minimum absolute atomic E-state index is 0.103. The van der Waals surface area contributed by atoms with E-state index in [0.717, 1.165) is 25.3 Å². The number of benzene rings is 1. The first-order valence-electron chi connectivity index (χ1n) is 10.4. The second-order valence-electron chi connectivity index (χ2n) is 8.60. The number of fused-ring (bicyclic) bond motifs is 4. The summed E-state index contributed by atoms with van der Waals surface area (Å²) < 4.78 is 5.41. The van der Waals surface area contributed by atoms with Gasteiger partial charge in [0.2, 0.25) is 0 Å². The Morgan fingerprint density at radius 1 is 1.30 bits per heavy atom. The van der Waals surface area contributed by atoms with Crippen molar-refractivity contribution in [2.75, 3.05) is 26.7 Å². The summed E-state index contributed by atoms with van der Waals surface area (Å²) in [6, 6.07) is 9.44. The van der Waals surface area contributed by atoms with Gasteiger partial charge in [-0.3, -0.25) is 9.69 Å². The number of rotatable bonds is 4. The molecule has 1 N–H and O–H groups in total. The number of aliphatic hydroxyl groups is 1. The van der Waals surface area contributed by atoms with E-state index in [2.05, 4.69) is 23.1 Å². The Labute approximate surface area is 162 Å². The molecule has 4 rings (SSSR count). The smallest absolute Gasteiger partial charge is 0.251 e. The van der Waals surface area contributed by atoms with E-state index < -0.39 is 6.10 Å². The topological polar surface area (TPSA) is 53.0 Å². The van der Waals surface area contributed by atoms with Gasteiger partial charge in [0.25, 0.3) is 5.91 Å². The molecule has 3 aliphatic rings. The molecular weight excluding hydrogens is 340 g/mol. The van der Waals surface area contributed by atoms with Gasteiger partial charge >= 0.3 is 0 Å². The molecule has 3 aliphatic heterocycles. The molecule has 0 saturated carbocycles. The number of ether oxygens (including phenoxy) is 1. The van der Waals surface area contributed by atoms with E-state index >= 15 is 0 Å². The van der Waals surface area contributed by atoms with Gasteiger partial charge in [0, 0.05) is 25.2 Å². The molecule has 0 aliphatic carbocycles. The van der Waals surface area contributed by atoms with Crippen molar-refractivity contribution in [2.24, 2.45) is 11.8 Å². The molecule has 2 bridgehead atoms. The number of carbonyl (C=O) groups excluding carboxylic acids is 1. The van der Waals surface area contributed by atoms with E-state index in [9.17, 15) is 9.90 Å². The van der Waals surface area contributed by atoms with Gasteiger partial charge < -0.3 is 14.7 Å². The quantitative estimate of drug-likeness (QED) is 0.881. The average Bonchev–Trinajstić information content (AvgIpc) is 2.70. The summed E-state index contributed by atoms with van der Waals surface area (Å²) in [5, 5.41) is 9.81. The zero-order chi connectivity index (χ0) is 19.0. The molecule has 3 heterocycles. The maximum Gasteiger partial charge on any atom is 0.251 e. The third-order valence-corrected chi connectivity index (χ3v) is 6.87. The van der Waals surface area contributed by atoms with Crippen LogP contribution in [0.1, 0.15) is 38.2 Å². The molecule has 27 heavy (non-hydrogen) atoms. The molecule has 5 nitrogen and oxygen atoms in total. The highest BCUT2D eigenvalue weighted by molar-refractivity contribution is 5.80. The van der Waals surface area contributed by atoms with Crippen molar-refractivity contribution >= 4 is 5.91 Å². The fraction of sp³-hybridized carbons (Fsp3) is 0.682. The van der Waals surface area contributed by atoms with Gasteiger partial charge in [0.15, 0.2) is 0 Å². The lowest BCUT2D eigenvalue weighted by Crippen LogP contribution is -2.65. The van der Waals surface area contributed by atoms with Crippen LogP contribution in [0.2, 0.25) is 0 Å². The van der Waals surface area contributed by atoms with Gasteiger partial charge in [-0.05, 0) is 68.7 Å². The Hall–Kier alpha value is -1.59. The van der Waals surface area contributed by atoms with Crippen molar-refractivity contribution in [1.82, 2.24) is 9.80 Å². The normalized spacial score (nSPS) is 31.9. The van der Waals surface area contributed by atoms with Crippen molar-refractivity contribution in [3.05, 3.63) is 29.8 Å². The molecule has 5 atom stereocenters. The Kier molecular flexibility index (Phi) is 5.42. The summed E-state index contributed by atoms with van der Waals surface area (Å²) in [7, 11) is 1.71. The number of aliphatic hydroxyl groups excluding tert-OH is 1. The Morgan fingerprint density at radius 3 is 2.89 bits per heavy atom. The summed E-state index contributed by atoms with van der Waals surface area (Å²) in [6.45, 7) is 4.36. The van der Waals surface area contributed by atoms with Crippen LogP contribution in [0.15, 0.2) is 24.3 Å². The lowest BCUT2D eigenvalue weighted by Gasteiger charge is -2.57. The molecule has 1 aromatic rings. The number of nitrogens with zero attached hydrogens (tertiary/aromatic N) is 2. The van der Waals surface area contributed by atoms with Crippen LogP contribution >= 0.6 is 0 Å². The van der Waals surface area contributed by atoms with E-state index in [4.69, 9.17) is 4.74 Å². The van der Waals surface area contributed by atoms with Gasteiger partial charge in [0.05, 0.1) is 7.11 Å². The maximum absolute atomic E-state index is 12.5. The van der Waals surface area contributed by atoms with Crippen molar-refractivity contribution < 1.29 is 14.6 Å². The highest BCUT2D eigenvalue weighted by Gasteiger charge is 2.47. The Morgan fingerprint density at radius 2 is 2.11 bits per heavy atom. The van der Waals surface area contributed by atoms with Gasteiger partial charge in [0.1, 0.15) is 11.9 Å². The number of hydrogen-bond donors (Lipinski definition) is 1. The second-order valence-corrected chi connectivity index (χ2v) is 8.60. The zero-order valence-electron chi connectivity index (χ0n) is 16.5. The van der Waals surface area contributed by atoms with Crippen molar-refractivity contribution in [2.45, 2.75) is 57.2 Å². The minimum Gasteiger partial charge on any atom is -0.497 e. The Balaban J connectivity index is 1.59. The average molecular weight is 373 g/mol. The van der Waals surface area contributed by atoms with Crippen molar-refractivity contribution in [3.8, 4) is 5.75 Å². The van der Waals surface area contributed by atoms with E-state index in [1.54, 1.807) is 14.0 Å². The third kappa shape index (κ3) is 3.72. The van der Waals surface area contributed by atoms with Crippen molar-refractivity contribution in [3.63, 3.8) is 0 Å². The summed E-state index contributed by atoms with van der Waals surface area (Å²) in [4.78, 5) is 17.2. The van der Waals surface area contributed by atoms with E-state index in [0.29, 0.717) is 23.9 Å². The number of amides is 1. The highest BCUT2D eigenvalue weighted by atomic mass is 16.5. The Bertz CT molecular complexity index is 677. The summed E-state index contributed by atoms with van der Waals surface area (Å²) >= 11 is 0. The summed E-state index contributed by atoms with van der Waals surface area (Å²) in [5.41, 5.74) is 1.31. The molecular formula is C22H32N2O3. The highest BCUT2D eigenvalue weighted by Crippen LogP contribution is 2.42. The number of hydrogen-bond acceptors (Lipinski definition) is 4. The molecule has 3 saturated heterocycles. The molecule has 1 amide bonds. The third-order valence-electron chi connectivity index (χ3n) is 6.87. The fourth-order valence-electron chi connectivity index (χ4n) is 5.67. The van der Waals surface area contributed by atoms with Crippen LogP contribution in [0.4, 0.5) is 0 Å². The first kappa shape index (κ1) is 18.8. The molecule has 3 fully saturated rings. The minimum atomic E-state index is -0.900. The van der Waals surface area contributed by atoms with Gasteiger partial charge in [-0.1, -0.05) is 18.6 Å². The molecule has 0 spiro atoms. The van der Waals surface area contributed by atoms with Crippen LogP contribution < -0.4 is 4.74 Å². The summed E-state index contributed by atoms with van der Waals surface area (Å²) in [6.07, 6.45) is 5.12. The predicted octanol–water partition coefficient (Wildman–Crippen LogP) is 2.32. The standard InChI is InChI=1S/C22H32N2O3/c1-15(25)22(26)23-13-17-12-18(14-23)21(24-9-4-3-8-20(17)24)11-16-6-5-7-19(10-16)27-2/h5-7,10,15,17-18,20-21,25H,3-4,8-9,11-14H2,1-2H3/t15-,17+,18-,20-,21-/m0/s1. The monoisotopic (exact) mass is 372 g/mol. The SMILES string of the molecule is COc1cccc(C[C@H]2[C@H]3C[C@H](CN(C(=O)[C@H](C)O)C3)[C@@H]3CCCCN32)c1. The largest absolute Gasteiger partial charge is 0.497 e. The molecule has 0 aromatic heterocycles. The number of piperidine rings is 3. The van der Waals surface area contributed by atoms with Gasteiger partial charge in [-0.15, -0.1) is 0 Å². The lowest BCUT2D eigenvalue weighted by molar-refractivity contribution is -0.148. The summed E-state index contributed by atoms with van der Waals surface area (Å²) in [5.74, 6) is 1.83. The zero-order valence-corrected chi connectivity index (χ0v) is 16.5. The number of likely N-dealkylation sites (tertiary alicyclic amines) is 1. The van der Waals surface area contributed by atoms with E-state index in [1.165, 1.54) is 37.8 Å². The van der Waals surface area contributed by atoms with Crippen LogP contribution in [-0.4, -0.2) is 65.7 Å². The van der Waals surface area contributed by atoms with Crippen LogP contribution in [0, 0.1) is 11.8 Å². The molecule has 0 unspecified atom stereocenters. The second kappa shape index (κ2) is 7.80. The number of carbonyl (C=O) groups is 1. The molecule has 148 valence electrons. The fourth-order valence-corrected chi connectivity index (χ4v) is 5.67. The maximum atomic E-state index is 12.5. The van der Waals surface area contributed by atoms with Crippen LogP contribution in [0.25, 0.3) is 0 Å². The first-order chi connectivity index (χ1) is 13.1. The predicted molar refractivity (Wildman–Crippen MR) is 105 cm³/mol. The van der Waals surface area contributed by atoms with Crippen LogP contribution in [-0.2, 0) is 11.2 Å². The van der Waals surface area contributed by atoms with Crippen LogP contribution in [0.5, 0.6) is 5.75 Å². The van der Waals surface area contributed by atoms with E-state index in [1.807, 2.05) is 11.0 Å². The van der Waals surface area contributed by atoms with Gasteiger partial charge in [-0.25, -0.2) is 0 Å². The van der Waals surface area contributed by atoms with Crippen LogP contribution in [0.3, 0.4) is 0 Å². The molecule has 0 radical (unpaired) electrons. The first-order valence-corrected chi connectivity index (χ1v) is 10.4. The molecule has 5 heteroatoms. The molecule has 1 aromatic carbocycles. The van der Waals surface area contributed by atoms with Gasteiger partial charge in [-0.2, -0.15) is 0 Å². The number of methoxy groups -OCH3 is 1.